The van der Waals surface area contributed by atoms with Gasteiger partial charge in [0.15, 0.2) is 6.61 Å². The molecule has 25 heavy (non-hydrogen) atoms. The molecule has 1 aliphatic carbocycles. The standard InChI is InChI=1S/C20H21NO4/c1-23-16-10-7-15(8-11-16)21-19-5-3-4-14-6-9-17(12-18(14)19)25-13-20(22)24-2/h6-12H,3-5,13H2,1-2H3. The molecule has 2 aromatic rings. The summed E-state index contributed by atoms with van der Waals surface area (Å²) < 4.78 is 15.3. The van der Waals surface area contributed by atoms with Crippen LogP contribution in [0.4, 0.5) is 5.69 Å². The summed E-state index contributed by atoms with van der Waals surface area (Å²) in [6.07, 6.45) is 3.01. The van der Waals surface area contributed by atoms with Crippen molar-refractivity contribution in [1.29, 1.82) is 0 Å². The third-order valence-electron chi connectivity index (χ3n) is 4.17. The number of fused-ring (bicyclic) bond motifs is 1. The lowest BCUT2D eigenvalue weighted by atomic mass is 9.90. The number of esters is 1. The van der Waals surface area contributed by atoms with E-state index in [1.165, 1.54) is 12.7 Å². The van der Waals surface area contributed by atoms with Gasteiger partial charge in [0.1, 0.15) is 11.5 Å². The van der Waals surface area contributed by atoms with Crippen molar-refractivity contribution >= 4 is 17.4 Å². The fourth-order valence-corrected chi connectivity index (χ4v) is 2.84. The number of ether oxygens (including phenoxy) is 3. The molecule has 0 amide bonds. The lowest BCUT2D eigenvalue weighted by Crippen LogP contribution is -2.15. The lowest BCUT2D eigenvalue weighted by molar-refractivity contribution is -0.142. The molecule has 5 heteroatoms. The average molecular weight is 339 g/mol. The van der Waals surface area contributed by atoms with Crippen LogP contribution in [0.5, 0.6) is 11.5 Å². The van der Waals surface area contributed by atoms with Crippen LogP contribution < -0.4 is 9.47 Å². The van der Waals surface area contributed by atoms with Crippen LogP contribution in [0.1, 0.15) is 24.0 Å². The van der Waals surface area contributed by atoms with Crippen molar-refractivity contribution in [3.05, 3.63) is 53.6 Å². The Labute approximate surface area is 147 Å². The Balaban J connectivity index is 1.86. The van der Waals surface area contributed by atoms with E-state index < -0.39 is 5.97 Å². The normalized spacial score (nSPS) is 14.7. The summed E-state index contributed by atoms with van der Waals surface area (Å²) in [4.78, 5) is 16.1. The van der Waals surface area contributed by atoms with Gasteiger partial charge in [0.2, 0.25) is 0 Å². The predicted octanol–water partition coefficient (Wildman–Crippen LogP) is 3.70. The molecular formula is C20H21NO4. The third kappa shape index (κ3) is 4.18. The number of carbonyl (C=O) groups is 1. The SMILES string of the molecule is COC(=O)COc1ccc2c(c1)C(=Nc1ccc(OC)cc1)CCC2. The number of nitrogens with zero attached hydrogens (tertiary/aromatic N) is 1. The minimum atomic E-state index is -0.398. The number of hydrogen-bond donors (Lipinski definition) is 0. The summed E-state index contributed by atoms with van der Waals surface area (Å²) in [7, 11) is 2.99. The van der Waals surface area contributed by atoms with Crippen LogP contribution in [-0.4, -0.2) is 32.5 Å². The van der Waals surface area contributed by atoms with Crippen LogP contribution in [0, 0.1) is 0 Å². The van der Waals surface area contributed by atoms with Crippen molar-refractivity contribution in [2.45, 2.75) is 19.3 Å². The second-order valence-corrected chi connectivity index (χ2v) is 5.79. The summed E-state index contributed by atoms with van der Waals surface area (Å²) in [6, 6.07) is 13.6. The summed E-state index contributed by atoms with van der Waals surface area (Å²) in [5.41, 5.74) is 4.27. The first-order valence-corrected chi connectivity index (χ1v) is 8.24. The van der Waals surface area contributed by atoms with Crippen LogP contribution in [-0.2, 0) is 16.0 Å². The molecular weight excluding hydrogens is 318 g/mol. The predicted molar refractivity (Wildman–Crippen MR) is 96.1 cm³/mol. The zero-order valence-corrected chi connectivity index (χ0v) is 14.5. The van der Waals surface area contributed by atoms with Gasteiger partial charge >= 0.3 is 5.97 Å². The zero-order chi connectivity index (χ0) is 17.6. The largest absolute Gasteiger partial charge is 0.497 e. The number of aryl methyl sites for hydroxylation is 1. The van der Waals surface area contributed by atoms with Crippen LogP contribution in [0.15, 0.2) is 47.5 Å². The van der Waals surface area contributed by atoms with Gasteiger partial charge in [-0.25, -0.2) is 4.79 Å². The van der Waals surface area contributed by atoms with Gasteiger partial charge in [-0.1, -0.05) is 6.07 Å². The zero-order valence-electron chi connectivity index (χ0n) is 14.5. The van der Waals surface area contributed by atoms with Gasteiger partial charge in [-0.15, -0.1) is 0 Å². The Morgan fingerprint density at radius 1 is 1.04 bits per heavy atom. The fourth-order valence-electron chi connectivity index (χ4n) is 2.84. The molecule has 0 aromatic heterocycles. The molecule has 0 bridgehead atoms. The fraction of sp³-hybridized carbons (Fsp3) is 0.300. The number of aliphatic imine (C=N–C) groups is 1. The van der Waals surface area contributed by atoms with Gasteiger partial charge in [-0.2, -0.15) is 0 Å². The van der Waals surface area contributed by atoms with E-state index in [1.807, 2.05) is 42.5 Å². The Bertz CT molecular complexity index is 781. The molecule has 0 radical (unpaired) electrons. The van der Waals surface area contributed by atoms with E-state index in [1.54, 1.807) is 7.11 Å². The minimum Gasteiger partial charge on any atom is -0.497 e. The van der Waals surface area contributed by atoms with Gasteiger partial charge in [0.05, 0.1) is 19.9 Å². The highest BCUT2D eigenvalue weighted by Crippen LogP contribution is 2.28. The number of carbonyl (C=O) groups excluding carboxylic acids is 1. The maximum atomic E-state index is 11.3. The molecule has 0 fully saturated rings. The molecule has 0 heterocycles. The Hall–Kier alpha value is -2.82. The monoisotopic (exact) mass is 339 g/mol. The molecule has 1 aliphatic rings. The van der Waals surface area contributed by atoms with Gasteiger partial charge < -0.3 is 14.2 Å². The smallest absolute Gasteiger partial charge is 0.343 e. The van der Waals surface area contributed by atoms with Gasteiger partial charge in [0, 0.05) is 11.3 Å². The first kappa shape index (κ1) is 17.0. The van der Waals surface area contributed by atoms with Crippen LogP contribution in [0.3, 0.4) is 0 Å². The van der Waals surface area contributed by atoms with Crippen molar-refractivity contribution in [2.75, 3.05) is 20.8 Å². The molecule has 0 saturated heterocycles. The highest BCUT2D eigenvalue weighted by atomic mass is 16.6. The van der Waals surface area contributed by atoms with E-state index in [2.05, 4.69) is 4.74 Å². The maximum absolute atomic E-state index is 11.3. The molecule has 0 saturated carbocycles. The lowest BCUT2D eigenvalue weighted by Gasteiger charge is -2.19. The highest BCUT2D eigenvalue weighted by Gasteiger charge is 2.17. The van der Waals surface area contributed by atoms with Crippen molar-refractivity contribution in [3.8, 4) is 11.5 Å². The molecule has 0 aliphatic heterocycles. The molecule has 2 aromatic carbocycles. The van der Waals surface area contributed by atoms with Crippen molar-refractivity contribution < 1.29 is 19.0 Å². The average Bonchev–Trinajstić information content (AvgIpc) is 2.67. The number of hydrogen-bond acceptors (Lipinski definition) is 5. The number of rotatable bonds is 5. The highest BCUT2D eigenvalue weighted by molar-refractivity contribution is 6.04. The van der Waals surface area contributed by atoms with Gasteiger partial charge in [0.25, 0.3) is 0 Å². The van der Waals surface area contributed by atoms with Gasteiger partial charge in [-0.05, 0) is 61.2 Å². The second-order valence-electron chi connectivity index (χ2n) is 5.79. The van der Waals surface area contributed by atoms with Crippen LogP contribution in [0.2, 0.25) is 0 Å². The van der Waals surface area contributed by atoms with E-state index in [0.717, 1.165) is 42.0 Å². The summed E-state index contributed by atoms with van der Waals surface area (Å²) in [5, 5.41) is 0. The van der Waals surface area contributed by atoms with E-state index in [4.69, 9.17) is 14.5 Å². The topological polar surface area (TPSA) is 57.1 Å². The van der Waals surface area contributed by atoms with E-state index in [0.29, 0.717) is 5.75 Å². The third-order valence-corrected chi connectivity index (χ3v) is 4.17. The quantitative estimate of drug-likeness (QED) is 0.779. The van der Waals surface area contributed by atoms with Crippen molar-refractivity contribution in [3.63, 3.8) is 0 Å². The molecule has 3 rings (SSSR count). The van der Waals surface area contributed by atoms with E-state index >= 15 is 0 Å². The Morgan fingerprint density at radius 3 is 2.52 bits per heavy atom. The molecule has 0 N–H and O–H groups in total. The summed E-state index contributed by atoms with van der Waals surface area (Å²) in [6.45, 7) is -0.0970. The minimum absolute atomic E-state index is 0.0970. The number of benzene rings is 2. The van der Waals surface area contributed by atoms with Crippen LogP contribution in [0.25, 0.3) is 0 Å². The summed E-state index contributed by atoms with van der Waals surface area (Å²) in [5.74, 6) is 1.06. The summed E-state index contributed by atoms with van der Waals surface area (Å²) >= 11 is 0. The molecule has 0 atom stereocenters. The molecule has 0 unspecified atom stereocenters. The maximum Gasteiger partial charge on any atom is 0.343 e. The van der Waals surface area contributed by atoms with Crippen molar-refractivity contribution in [2.24, 2.45) is 4.99 Å². The van der Waals surface area contributed by atoms with E-state index in [-0.39, 0.29) is 6.61 Å². The first-order chi connectivity index (χ1) is 12.2. The van der Waals surface area contributed by atoms with Gasteiger partial charge in [-0.3, -0.25) is 4.99 Å². The first-order valence-electron chi connectivity index (χ1n) is 8.24. The van der Waals surface area contributed by atoms with E-state index in [9.17, 15) is 4.79 Å². The second kappa shape index (κ2) is 7.83. The molecule has 5 nitrogen and oxygen atoms in total. The number of methoxy groups -OCH3 is 2. The van der Waals surface area contributed by atoms with Crippen LogP contribution >= 0.6 is 0 Å². The molecule has 0 spiro atoms. The Kier molecular flexibility index (Phi) is 5.33. The Morgan fingerprint density at radius 2 is 1.80 bits per heavy atom. The van der Waals surface area contributed by atoms with Crippen molar-refractivity contribution in [1.82, 2.24) is 0 Å². The molecule has 130 valence electrons.